The molecule has 1 aliphatic rings. The zero-order valence-corrected chi connectivity index (χ0v) is 10.4. The maximum Gasteiger partial charge on any atom is 0.0739 e. The zero-order chi connectivity index (χ0) is 10.6. The van der Waals surface area contributed by atoms with Crippen molar-refractivity contribution in [1.82, 2.24) is 4.90 Å². The van der Waals surface area contributed by atoms with E-state index < -0.39 is 0 Å². The number of allylic oxidation sites excluding steroid dienone is 2. The second-order valence-electron chi connectivity index (χ2n) is 4.04. The van der Waals surface area contributed by atoms with Gasteiger partial charge in [-0.2, -0.15) is 0 Å². The lowest BCUT2D eigenvalue weighted by atomic mass is 10.2. The molecule has 1 aliphatic heterocycles. The minimum absolute atomic E-state index is 0.602. The normalized spacial score (nSPS) is 22.1. The van der Waals surface area contributed by atoms with E-state index in [0.717, 1.165) is 0 Å². The molecule has 0 aromatic heterocycles. The van der Waals surface area contributed by atoms with E-state index in [1.807, 2.05) is 17.8 Å². The van der Waals surface area contributed by atoms with Crippen LogP contribution in [0.1, 0.15) is 33.6 Å². The predicted molar refractivity (Wildman–Crippen MR) is 66.4 cm³/mol. The standard InChI is InChI=1S/C12H21NS/c1-5-11(4)12-13(10(2)3)8-6-7-9-14-12/h5,10H,1,6-9H2,2-4H3/b12-11+. The van der Waals surface area contributed by atoms with Gasteiger partial charge in [0.2, 0.25) is 0 Å². The van der Waals surface area contributed by atoms with E-state index >= 15 is 0 Å². The summed E-state index contributed by atoms with van der Waals surface area (Å²) in [7, 11) is 0. The quantitative estimate of drug-likeness (QED) is 0.686. The highest BCUT2D eigenvalue weighted by molar-refractivity contribution is 8.03. The van der Waals surface area contributed by atoms with Crippen LogP contribution in [-0.4, -0.2) is 23.2 Å². The van der Waals surface area contributed by atoms with Gasteiger partial charge in [0.1, 0.15) is 0 Å². The van der Waals surface area contributed by atoms with E-state index in [1.165, 1.54) is 35.7 Å². The largest absolute Gasteiger partial charge is 0.364 e. The molecule has 0 unspecified atom stereocenters. The van der Waals surface area contributed by atoms with Gasteiger partial charge < -0.3 is 4.90 Å². The highest BCUT2D eigenvalue weighted by atomic mass is 32.2. The second kappa shape index (κ2) is 5.50. The first kappa shape index (κ1) is 11.7. The minimum Gasteiger partial charge on any atom is -0.364 e. The van der Waals surface area contributed by atoms with Crippen molar-refractivity contribution in [2.24, 2.45) is 0 Å². The molecule has 1 heterocycles. The molecule has 0 radical (unpaired) electrons. The Bertz CT molecular complexity index is 230. The molecule has 0 saturated carbocycles. The molecule has 0 spiro atoms. The van der Waals surface area contributed by atoms with Crippen LogP contribution in [0.15, 0.2) is 23.3 Å². The summed E-state index contributed by atoms with van der Waals surface area (Å²) in [5, 5.41) is 1.44. The van der Waals surface area contributed by atoms with E-state index in [9.17, 15) is 0 Å². The Hall–Kier alpha value is -0.370. The van der Waals surface area contributed by atoms with Crippen LogP contribution in [0.4, 0.5) is 0 Å². The van der Waals surface area contributed by atoms with Gasteiger partial charge in [-0.05, 0) is 44.9 Å². The topological polar surface area (TPSA) is 3.24 Å². The van der Waals surface area contributed by atoms with E-state index in [0.29, 0.717) is 6.04 Å². The molecule has 0 amide bonds. The van der Waals surface area contributed by atoms with E-state index in [-0.39, 0.29) is 0 Å². The Morgan fingerprint density at radius 3 is 2.79 bits per heavy atom. The van der Waals surface area contributed by atoms with Crippen molar-refractivity contribution in [2.45, 2.75) is 39.7 Å². The van der Waals surface area contributed by atoms with Crippen LogP contribution in [0.5, 0.6) is 0 Å². The van der Waals surface area contributed by atoms with Gasteiger partial charge in [-0.3, -0.25) is 0 Å². The van der Waals surface area contributed by atoms with Crippen molar-refractivity contribution in [3.63, 3.8) is 0 Å². The summed E-state index contributed by atoms with van der Waals surface area (Å²) in [6.45, 7) is 11.8. The molecule has 1 saturated heterocycles. The number of rotatable bonds is 2. The molecule has 1 rings (SSSR count). The predicted octanol–water partition coefficient (Wildman–Crippen LogP) is 3.64. The van der Waals surface area contributed by atoms with Gasteiger partial charge in [-0.25, -0.2) is 0 Å². The van der Waals surface area contributed by atoms with Gasteiger partial charge in [-0.1, -0.05) is 12.7 Å². The lowest BCUT2D eigenvalue weighted by molar-refractivity contribution is 0.300. The third-order valence-corrected chi connectivity index (χ3v) is 3.88. The van der Waals surface area contributed by atoms with Crippen molar-refractivity contribution in [3.8, 4) is 0 Å². The maximum atomic E-state index is 3.86. The van der Waals surface area contributed by atoms with Crippen LogP contribution < -0.4 is 0 Å². The second-order valence-corrected chi connectivity index (χ2v) is 5.12. The Balaban J connectivity index is 2.90. The summed E-state index contributed by atoms with van der Waals surface area (Å²) >= 11 is 1.99. The third-order valence-electron chi connectivity index (χ3n) is 2.56. The van der Waals surface area contributed by atoms with Gasteiger partial charge in [0.25, 0.3) is 0 Å². The molecular weight excluding hydrogens is 190 g/mol. The fourth-order valence-corrected chi connectivity index (χ4v) is 2.98. The molecular formula is C12H21NS. The fraction of sp³-hybridized carbons (Fsp3) is 0.667. The van der Waals surface area contributed by atoms with Crippen molar-refractivity contribution in [3.05, 3.63) is 23.3 Å². The minimum atomic E-state index is 0.602. The Morgan fingerprint density at radius 1 is 1.50 bits per heavy atom. The van der Waals surface area contributed by atoms with Gasteiger partial charge in [0.05, 0.1) is 5.03 Å². The van der Waals surface area contributed by atoms with Crippen LogP contribution in [0.3, 0.4) is 0 Å². The summed E-state index contributed by atoms with van der Waals surface area (Å²) in [6, 6.07) is 0.602. The molecule has 0 bridgehead atoms. The van der Waals surface area contributed by atoms with Gasteiger partial charge in [0.15, 0.2) is 0 Å². The summed E-state index contributed by atoms with van der Waals surface area (Å²) in [5.41, 5.74) is 1.32. The van der Waals surface area contributed by atoms with Crippen LogP contribution in [0.25, 0.3) is 0 Å². The molecule has 14 heavy (non-hydrogen) atoms. The van der Waals surface area contributed by atoms with Crippen LogP contribution in [-0.2, 0) is 0 Å². The highest BCUT2D eigenvalue weighted by Crippen LogP contribution is 2.30. The van der Waals surface area contributed by atoms with Crippen molar-refractivity contribution >= 4 is 11.8 Å². The molecule has 1 nitrogen and oxygen atoms in total. The molecule has 0 N–H and O–H groups in total. The zero-order valence-electron chi connectivity index (χ0n) is 9.55. The molecule has 2 heteroatoms. The number of hydrogen-bond acceptors (Lipinski definition) is 2. The summed E-state index contributed by atoms with van der Waals surface area (Å²) < 4.78 is 0. The van der Waals surface area contributed by atoms with Gasteiger partial charge >= 0.3 is 0 Å². The molecule has 0 aromatic carbocycles. The number of hydrogen-bond donors (Lipinski definition) is 0. The lowest BCUT2D eigenvalue weighted by Gasteiger charge is -2.30. The molecule has 0 aromatic rings. The average molecular weight is 211 g/mol. The monoisotopic (exact) mass is 211 g/mol. The summed E-state index contributed by atoms with van der Waals surface area (Å²) in [6.07, 6.45) is 4.63. The number of thioether (sulfide) groups is 1. The van der Waals surface area contributed by atoms with Crippen LogP contribution in [0, 0.1) is 0 Å². The highest BCUT2D eigenvalue weighted by Gasteiger charge is 2.17. The van der Waals surface area contributed by atoms with Crippen LogP contribution in [0.2, 0.25) is 0 Å². The first-order chi connectivity index (χ1) is 6.66. The Kier molecular flexibility index (Phi) is 4.59. The number of nitrogens with zero attached hydrogens (tertiary/aromatic N) is 1. The van der Waals surface area contributed by atoms with Crippen LogP contribution >= 0.6 is 11.8 Å². The van der Waals surface area contributed by atoms with E-state index in [2.05, 4.69) is 32.3 Å². The Labute approximate surface area is 92.3 Å². The molecule has 80 valence electrons. The van der Waals surface area contributed by atoms with Crippen molar-refractivity contribution in [1.29, 1.82) is 0 Å². The lowest BCUT2D eigenvalue weighted by Crippen LogP contribution is -2.29. The van der Waals surface area contributed by atoms with Crippen molar-refractivity contribution < 1.29 is 0 Å². The first-order valence-corrected chi connectivity index (χ1v) is 6.38. The SMILES string of the molecule is C=C/C(C)=C1/SCCCCN1C(C)C. The first-order valence-electron chi connectivity index (χ1n) is 5.39. The van der Waals surface area contributed by atoms with Gasteiger partial charge in [-0.15, -0.1) is 11.8 Å². The summed E-state index contributed by atoms with van der Waals surface area (Å²) in [4.78, 5) is 2.51. The third kappa shape index (κ3) is 2.81. The van der Waals surface area contributed by atoms with Crippen molar-refractivity contribution in [2.75, 3.05) is 12.3 Å². The Morgan fingerprint density at radius 2 is 2.21 bits per heavy atom. The fourth-order valence-electron chi connectivity index (χ4n) is 1.66. The molecule has 0 atom stereocenters. The van der Waals surface area contributed by atoms with Gasteiger partial charge in [0, 0.05) is 12.6 Å². The molecule has 0 aliphatic carbocycles. The van der Waals surface area contributed by atoms with E-state index in [1.54, 1.807) is 0 Å². The average Bonchev–Trinajstić information content (AvgIpc) is 2.41. The smallest absolute Gasteiger partial charge is 0.0739 e. The molecule has 1 fully saturated rings. The van der Waals surface area contributed by atoms with E-state index in [4.69, 9.17) is 0 Å². The summed E-state index contributed by atoms with van der Waals surface area (Å²) in [5.74, 6) is 1.25. The maximum absolute atomic E-state index is 3.86.